The van der Waals surface area contributed by atoms with E-state index in [1.54, 1.807) is 0 Å². The van der Waals surface area contributed by atoms with Crippen LogP contribution >= 0.6 is 0 Å². The number of unbranched alkanes of at least 4 members (excludes halogenated alkanes) is 23. The molecule has 0 aliphatic heterocycles. The fourth-order valence-electron chi connectivity index (χ4n) is 7.06. The maximum absolute atomic E-state index is 4.48. The lowest BCUT2D eigenvalue weighted by Crippen LogP contribution is -2.21. The van der Waals surface area contributed by atoms with E-state index in [0.29, 0.717) is 12.0 Å². The molecule has 246 valence electrons. The largest absolute Gasteiger partial charge is 0.334 e. The molecule has 0 amide bonds. The number of rotatable bonds is 31. The molecule has 0 saturated heterocycles. The summed E-state index contributed by atoms with van der Waals surface area (Å²) in [5.74, 6) is 0.692. The molecule has 0 saturated carbocycles. The van der Waals surface area contributed by atoms with E-state index >= 15 is 0 Å². The summed E-state index contributed by atoms with van der Waals surface area (Å²) in [6, 6.07) is 11.8. The van der Waals surface area contributed by atoms with Gasteiger partial charge >= 0.3 is 0 Å². The zero-order valence-corrected chi connectivity index (χ0v) is 29.0. The lowest BCUT2D eigenvalue weighted by Gasteiger charge is -2.29. The summed E-state index contributed by atoms with van der Waals surface area (Å²) in [5.41, 5.74) is 1.50. The summed E-state index contributed by atoms with van der Waals surface area (Å²) in [4.78, 5) is 4.48. The van der Waals surface area contributed by atoms with Gasteiger partial charge in [0, 0.05) is 18.4 Å². The molecule has 2 aromatic rings. The molecule has 0 bridgehead atoms. The Labute approximate surface area is 269 Å². The van der Waals surface area contributed by atoms with E-state index in [2.05, 4.69) is 66.3 Å². The third kappa shape index (κ3) is 20.2. The van der Waals surface area contributed by atoms with Crippen molar-refractivity contribution in [3.63, 3.8) is 0 Å². The Morgan fingerprint density at radius 1 is 0.512 bits per heavy atom. The van der Waals surface area contributed by atoms with E-state index in [-0.39, 0.29) is 0 Å². The predicted molar refractivity (Wildman–Crippen MR) is 191 cm³/mol. The van der Waals surface area contributed by atoms with E-state index in [0.717, 1.165) is 0 Å². The van der Waals surface area contributed by atoms with Gasteiger partial charge in [0.1, 0.15) is 0 Å². The van der Waals surface area contributed by atoms with Crippen LogP contribution in [-0.4, -0.2) is 9.55 Å². The Bertz CT molecular complexity index is 798. The Morgan fingerprint density at radius 3 is 1.35 bits per heavy atom. The standard InChI is InChI=1S/C41H72N2/c1-3-5-7-9-11-13-15-17-19-21-23-25-30-34-41(43-36-35-42-38-43)40(37-39-31-27-26-28-32-39)33-29-24-22-20-18-16-14-12-10-8-6-4-2/h26-28,31-32,35-36,38,40-41H,3-25,29-30,33-34,37H2,1-2H3. The SMILES string of the molecule is CCCCCCCCCCCCCCCC(C(CCCCCCCCCCCCCC)Cc1ccccc1)n1ccnc1. The van der Waals surface area contributed by atoms with Gasteiger partial charge in [-0.05, 0) is 30.7 Å². The van der Waals surface area contributed by atoms with Gasteiger partial charge in [0.05, 0.1) is 6.33 Å². The molecule has 0 aliphatic rings. The first kappa shape index (κ1) is 37.6. The average Bonchev–Trinajstić information content (AvgIpc) is 3.57. The molecular formula is C41H72N2. The van der Waals surface area contributed by atoms with Gasteiger partial charge in [-0.15, -0.1) is 0 Å². The smallest absolute Gasteiger partial charge is 0.0948 e. The Kier molecular flexibility index (Phi) is 24.4. The summed E-state index contributed by atoms with van der Waals surface area (Å²) in [6.07, 6.45) is 45.8. The molecule has 2 heteroatoms. The fourth-order valence-corrected chi connectivity index (χ4v) is 7.06. The highest BCUT2D eigenvalue weighted by atomic mass is 15.1. The highest BCUT2D eigenvalue weighted by Crippen LogP contribution is 2.32. The first-order chi connectivity index (χ1) is 21.3. The quantitative estimate of drug-likeness (QED) is 0.0796. The third-order valence-electron chi connectivity index (χ3n) is 9.82. The first-order valence-corrected chi connectivity index (χ1v) is 19.4. The molecule has 1 aromatic heterocycles. The van der Waals surface area contributed by atoms with Crippen molar-refractivity contribution < 1.29 is 0 Å². The van der Waals surface area contributed by atoms with Crippen molar-refractivity contribution in [3.8, 4) is 0 Å². The molecule has 1 aromatic carbocycles. The molecule has 0 N–H and O–H groups in total. The second kappa shape index (κ2) is 27.9. The van der Waals surface area contributed by atoms with E-state index < -0.39 is 0 Å². The molecule has 0 fully saturated rings. The van der Waals surface area contributed by atoms with Crippen molar-refractivity contribution in [2.45, 2.75) is 200 Å². The van der Waals surface area contributed by atoms with Crippen molar-refractivity contribution in [2.24, 2.45) is 5.92 Å². The highest BCUT2D eigenvalue weighted by Gasteiger charge is 2.23. The van der Waals surface area contributed by atoms with Gasteiger partial charge in [0.2, 0.25) is 0 Å². The number of imidazole rings is 1. The van der Waals surface area contributed by atoms with Crippen LogP contribution in [0.25, 0.3) is 0 Å². The molecule has 2 rings (SSSR count). The maximum atomic E-state index is 4.48. The van der Waals surface area contributed by atoms with Crippen molar-refractivity contribution in [1.29, 1.82) is 0 Å². The van der Waals surface area contributed by atoms with Gasteiger partial charge in [-0.3, -0.25) is 0 Å². The zero-order chi connectivity index (χ0) is 30.5. The summed E-state index contributed by atoms with van der Waals surface area (Å²) in [7, 11) is 0. The summed E-state index contributed by atoms with van der Waals surface area (Å²) in [5, 5.41) is 0. The van der Waals surface area contributed by atoms with Crippen LogP contribution in [0, 0.1) is 5.92 Å². The summed E-state index contributed by atoms with van der Waals surface area (Å²) in [6.45, 7) is 4.61. The molecule has 0 spiro atoms. The topological polar surface area (TPSA) is 17.8 Å². The molecule has 0 radical (unpaired) electrons. The lowest BCUT2D eigenvalue weighted by atomic mass is 9.84. The van der Waals surface area contributed by atoms with Gasteiger partial charge < -0.3 is 4.57 Å². The maximum Gasteiger partial charge on any atom is 0.0948 e. The molecule has 2 unspecified atom stereocenters. The minimum absolute atomic E-state index is 0.572. The van der Waals surface area contributed by atoms with Gasteiger partial charge in [0.25, 0.3) is 0 Å². The minimum Gasteiger partial charge on any atom is -0.334 e. The number of nitrogens with zero attached hydrogens (tertiary/aromatic N) is 2. The Balaban J connectivity index is 1.70. The van der Waals surface area contributed by atoms with Crippen LogP contribution in [-0.2, 0) is 6.42 Å². The summed E-state index contributed by atoms with van der Waals surface area (Å²) < 4.78 is 2.45. The average molecular weight is 593 g/mol. The zero-order valence-electron chi connectivity index (χ0n) is 29.0. The van der Waals surface area contributed by atoms with Crippen molar-refractivity contribution in [2.75, 3.05) is 0 Å². The molecule has 2 nitrogen and oxygen atoms in total. The highest BCUT2D eigenvalue weighted by molar-refractivity contribution is 5.15. The van der Waals surface area contributed by atoms with E-state index in [4.69, 9.17) is 0 Å². The minimum atomic E-state index is 0.572. The van der Waals surface area contributed by atoms with Gasteiger partial charge in [-0.25, -0.2) is 4.98 Å². The van der Waals surface area contributed by atoms with Crippen molar-refractivity contribution in [3.05, 3.63) is 54.6 Å². The molecule has 0 aliphatic carbocycles. The molecule has 2 atom stereocenters. The van der Waals surface area contributed by atoms with Crippen LogP contribution in [0.1, 0.15) is 199 Å². The van der Waals surface area contributed by atoms with E-state index in [1.165, 1.54) is 185 Å². The van der Waals surface area contributed by atoms with Crippen LogP contribution in [0.2, 0.25) is 0 Å². The fraction of sp³-hybridized carbons (Fsp3) is 0.780. The number of benzene rings is 1. The van der Waals surface area contributed by atoms with Crippen LogP contribution in [0.15, 0.2) is 49.1 Å². The number of hydrogen-bond donors (Lipinski definition) is 0. The molecule has 43 heavy (non-hydrogen) atoms. The van der Waals surface area contributed by atoms with E-state index in [1.807, 2.05) is 6.20 Å². The number of hydrogen-bond acceptors (Lipinski definition) is 1. The second-order valence-electron chi connectivity index (χ2n) is 13.7. The third-order valence-corrected chi connectivity index (χ3v) is 9.82. The predicted octanol–water partition coefficient (Wildman–Crippen LogP) is 13.9. The van der Waals surface area contributed by atoms with Gasteiger partial charge in [-0.1, -0.05) is 205 Å². The summed E-state index contributed by atoms with van der Waals surface area (Å²) >= 11 is 0. The van der Waals surface area contributed by atoms with Crippen LogP contribution < -0.4 is 0 Å². The Hall–Kier alpha value is -1.57. The normalized spacial score (nSPS) is 13.0. The van der Waals surface area contributed by atoms with Crippen LogP contribution in [0.3, 0.4) is 0 Å². The second-order valence-corrected chi connectivity index (χ2v) is 13.7. The van der Waals surface area contributed by atoms with Gasteiger partial charge in [0.15, 0.2) is 0 Å². The van der Waals surface area contributed by atoms with Crippen LogP contribution in [0.5, 0.6) is 0 Å². The number of aromatic nitrogens is 2. The van der Waals surface area contributed by atoms with Crippen LogP contribution in [0.4, 0.5) is 0 Å². The van der Waals surface area contributed by atoms with Gasteiger partial charge in [-0.2, -0.15) is 0 Å². The molecular weight excluding hydrogens is 520 g/mol. The van der Waals surface area contributed by atoms with Crippen molar-refractivity contribution in [1.82, 2.24) is 9.55 Å². The van der Waals surface area contributed by atoms with E-state index in [9.17, 15) is 0 Å². The van der Waals surface area contributed by atoms with Crippen molar-refractivity contribution >= 4 is 0 Å². The lowest BCUT2D eigenvalue weighted by molar-refractivity contribution is 0.275. The molecule has 1 heterocycles. The monoisotopic (exact) mass is 593 g/mol. The Morgan fingerprint density at radius 2 is 0.930 bits per heavy atom. The first-order valence-electron chi connectivity index (χ1n) is 19.4.